The highest BCUT2D eigenvalue weighted by Crippen LogP contribution is 2.42. The van der Waals surface area contributed by atoms with Crippen molar-refractivity contribution in [2.24, 2.45) is 0 Å². The van der Waals surface area contributed by atoms with Gasteiger partial charge < -0.3 is 4.57 Å². The molecule has 0 atom stereocenters. The van der Waals surface area contributed by atoms with E-state index in [1.54, 1.807) is 0 Å². The third kappa shape index (κ3) is 5.25. The number of aromatic nitrogens is 1. The minimum Gasteiger partial charge on any atom is -0.309 e. The molecule has 270 valence electrons. The summed E-state index contributed by atoms with van der Waals surface area (Å²) in [5.41, 5.74) is 19.0. The standard InChI is InChI=1S/C57H37N/c1-4-14-48-39(9-1)12-7-17-50(48)41-23-19-37(20-24-41)43-27-31-56-54(35-43)55-36-44(38-21-25-42(26-22-38)51-18-8-13-40-10-2-5-15-49(40)51)28-32-57(55)58(56)47-29-30-53-46(34-47)33-45-11-3-6-16-52(45)53/h1-32,34-36H,33H2. The third-order valence-electron chi connectivity index (χ3n) is 12.4. The summed E-state index contributed by atoms with van der Waals surface area (Å²) in [6.45, 7) is 0. The molecule has 1 heterocycles. The normalized spacial score (nSPS) is 12.1. The molecule has 1 nitrogen and oxygen atoms in total. The Hall–Kier alpha value is -7.48. The molecule has 0 amide bonds. The van der Waals surface area contributed by atoms with Crippen molar-refractivity contribution in [2.45, 2.75) is 6.42 Å². The first-order valence-corrected chi connectivity index (χ1v) is 20.2. The Morgan fingerprint density at radius 1 is 0.276 bits per heavy atom. The van der Waals surface area contributed by atoms with Gasteiger partial charge in [-0.2, -0.15) is 0 Å². The Morgan fingerprint density at radius 3 is 1.31 bits per heavy atom. The second kappa shape index (κ2) is 13.0. The van der Waals surface area contributed by atoms with Gasteiger partial charge in [0.1, 0.15) is 0 Å². The molecular weight excluding hydrogens is 699 g/mol. The summed E-state index contributed by atoms with van der Waals surface area (Å²) >= 11 is 0. The Kier molecular flexibility index (Phi) is 7.36. The molecule has 10 aromatic carbocycles. The maximum absolute atomic E-state index is 2.47. The maximum Gasteiger partial charge on any atom is 0.0541 e. The summed E-state index contributed by atoms with van der Waals surface area (Å²) in [4.78, 5) is 0. The summed E-state index contributed by atoms with van der Waals surface area (Å²) < 4.78 is 2.47. The molecule has 1 aromatic heterocycles. The van der Waals surface area contributed by atoms with E-state index < -0.39 is 0 Å². The third-order valence-corrected chi connectivity index (χ3v) is 12.4. The van der Waals surface area contributed by atoms with Crippen LogP contribution in [0.3, 0.4) is 0 Å². The molecule has 0 unspecified atom stereocenters. The minimum atomic E-state index is 0.967. The summed E-state index contributed by atoms with van der Waals surface area (Å²) in [5, 5.41) is 7.59. The summed E-state index contributed by atoms with van der Waals surface area (Å²) in [7, 11) is 0. The van der Waals surface area contributed by atoms with Gasteiger partial charge in [-0.25, -0.2) is 0 Å². The topological polar surface area (TPSA) is 4.93 Å². The molecule has 12 rings (SSSR count). The number of benzene rings is 10. The second-order valence-corrected chi connectivity index (χ2v) is 15.7. The average molecular weight is 736 g/mol. The average Bonchev–Trinajstić information content (AvgIpc) is 3.83. The number of hydrogen-bond acceptors (Lipinski definition) is 0. The van der Waals surface area contributed by atoms with Crippen molar-refractivity contribution in [3.63, 3.8) is 0 Å². The van der Waals surface area contributed by atoms with E-state index in [0.717, 1.165) is 6.42 Å². The molecule has 0 N–H and O–H groups in total. The van der Waals surface area contributed by atoms with Crippen molar-refractivity contribution in [2.75, 3.05) is 0 Å². The highest BCUT2D eigenvalue weighted by atomic mass is 15.0. The van der Waals surface area contributed by atoms with Crippen LogP contribution >= 0.6 is 0 Å². The van der Waals surface area contributed by atoms with Gasteiger partial charge in [0.2, 0.25) is 0 Å². The molecule has 0 aliphatic heterocycles. The van der Waals surface area contributed by atoms with E-state index in [4.69, 9.17) is 0 Å². The fourth-order valence-electron chi connectivity index (χ4n) is 9.57. The van der Waals surface area contributed by atoms with Crippen molar-refractivity contribution in [1.82, 2.24) is 4.57 Å². The van der Waals surface area contributed by atoms with Crippen LogP contribution in [0.15, 0.2) is 212 Å². The highest BCUT2D eigenvalue weighted by molar-refractivity contribution is 6.12. The Bertz CT molecular complexity index is 3210. The van der Waals surface area contributed by atoms with Gasteiger partial charge in [-0.1, -0.05) is 176 Å². The van der Waals surface area contributed by atoms with E-state index in [1.807, 2.05) is 0 Å². The van der Waals surface area contributed by atoms with Crippen molar-refractivity contribution >= 4 is 43.4 Å². The zero-order valence-electron chi connectivity index (χ0n) is 31.9. The molecule has 1 heteroatoms. The van der Waals surface area contributed by atoms with Crippen LogP contribution in [0.2, 0.25) is 0 Å². The largest absolute Gasteiger partial charge is 0.309 e. The quantitative estimate of drug-likeness (QED) is 0.166. The van der Waals surface area contributed by atoms with Gasteiger partial charge in [-0.15, -0.1) is 0 Å². The molecule has 0 saturated heterocycles. The van der Waals surface area contributed by atoms with Crippen molar-refractivity contribution in [3.8, 4) is 61.3 Å². The molecule has 0 spiro atoms. The maximum atomic E-state index is 2.47. The van der Waals surface area contributed by atoms with E-state index in [1.165, 1.54) is 116 Å². The number of hydrogen-bond donors (Lipinski definition) is 0. The van der Waals surface area contributed by atoms with E-state index in [-0.39, 0.29) is 0 Å². The van der Waals surface area contributed by atoms with E-state index in [2.05, 4.69) is 217 Å². The van der Waals surface area contributed by atoms with Crippen LogP contribution in [-0.2, 0) is 6.42 Å². The monoisotopic (exact) mass is 735 g/mol. The van der Waals surface area contributed by atoms with E-state index in [0.29, 0.717) is 0 Å². The highest BCUT2D eigenvalue weighted by Gasteiger charge is 2.21. The van der Waals surface area contributed by atoms with E-state index in [9.17, 15) is 0 Å². The number of nitrogens with zero attached hydrogens (tertiary/aromatic N) is 1. The summed E-state index contributed by atoms with van der Waals surface area (Å²) in [6, 6.07) is 78.5. The minimum absolute atomic E-state index is 0.967. The van der Waals surface area contributed by atoms with Crippen LogP contribution in [0.1, 0.15) is 11.1 Å². The van der Waals surface area contributed by atoms with Gasteiger partial charge >= 0.3 is 0 Å². The summed E-state index contributed by atoms with van der Waals surface area (Å²) in [6.07, 6.45) is 0.967. The van der Waals surface area contributed by atoms with Crippen molar-refractivity contribution in [1.29, 1.82) is 0 Å². The predicted octanol–water partition coefficient (Wildman–Crippen LogP) is 15.3. The predicted molar refractivity (Wildman–Crippen MR) is 246 cm³/mol. The molecule has 0 bridgehead atoms. The van der Waals surface area contributed by atoms with Gasteiger partial charge in [-0.3, -0.25) is 0 Å². The first-order chi connectivity index (χ1) is 28.7. The van der Waals surface area contributed by atoms with Gasteiger partial charge in [0.25, 0.3) is 0 Å². The lowest BCUT2D eigenvalue weighted by Crippen LogP contribution is -1.95. The van der Waals surface area contributed by atoms with Gasteiger partial charge in [0.15, 0.2) is 0 Å². The Balaban J connectivity index is 0.983. The lowest BCUT2D eigenvalue weighted by atomic mass is 9.95. The molecule has 1 aliphatic rings. The zero-order valence-corrected chi connectivity index (χ0v) is 31.9. The zero-order chi connectivity index (χ0) is 38.2. The van der Waals surface area contributed by atoms with Crippen LogP contribution in [0.4, 0.5) is 0 Å². The lowest BCUT2D eigenvalue weighted by molar-refractivity contribution is 1.16. The van der Waals surface area contributed by atoms with Crippen molar-refractivity contribution < 1.29 is 0 Å². The van der Waals surface area contributed by atoms with Crippen LogP contribution in [0.5, 0.6) is 0 Å². The van der Waals surface area contributed by atoms with Gasteiger partial charge in [0.05, 0.1) is 11.0 Å². The molecule has 1 aliphatic carbocycles. The fourth-order valence-corrected chi connectivity index (χ4v) is 9.57. The molecule has 0 radical (unpaired) electrons. The Labute approximate surface area is 337 Å². The molecule has 11 aromatic rings. The SMILES string of the molecule is c1ccc2c(c1)Cc1cc(-n3c4ccc(-c5ccc(-c6cccc7ccccc67)cc5)cc4c4cc(-c5ccc(-c6cccc7ccccc67)cc5)ccc43)ccc1-2. The first kappa shape index (κ1) is 32.7. The molecule has 0 saturated carbocycles. The Morgan fingerprint density at radius 2 is 0.724 bits per heavy atom. The van der Waals surface area contributed by atoms with E-state index >= 15 is 0 Å². The van der Waals surface area contributed by atoms with Gasteiger partial charge in [0, 0.05) is 16.5 Å². The number of fused-ring (bicyclic) bond motifs is 8. The summed E-state index contributed by atoms with van der Waals surface area (Å²) in [5.74, 6) is 0. The van der Waals surface area contributed by atoms with Crippen LogP contribution in [0, 0.1) is 0 Å². The lowest BCUT2D eigenvalue weighted by Gasteiger charge is -2.11. The number of rotatable bonds is 5. The molecule has 58 heavy (non-hydrogen) atoms. The molecule has 0 fully saturated rings. The molecular formula is C57H37N. The van der Waals surface area contributed by atoms with Crippen LogP contribution < -0.4 is 0 Å². The first-order valence-electron chi connectivity index (χ1n) is 20.2. The smallest absolute Gasteiger partial charge is 0.0541 e. The van der Waals surface area contributed by atoms with Crippen LogP contribution in [0.25, 0.3) is 105 Å². The van der Waals surface area contributed by atoms with Gasteiger partial charge in [-0.05, 0) is 131 Å². The van der Waals surface area contributed by atoms with Crippen LogP contribution in [-0.4, -0.2) is 4.57 Å². The van der Waals surface area contributed by atoms with Crippen molar-refractivity contribution in [3.05, 3.63) is 223 Å². The fraction of sp³-hybridized carbons (Fsp3) is 0.0175. The second-order valence-electron chi connectivity index (χ2n) is 15.7.